The van der Waals surface area contributed by atoms with Crippen molar-refractivity contribution in [2.24, 2.45) is 0 Å². The van der Waals surface area contributed by atoms with Crippen LogP contribution < -0.4 is 11.2 Å². The van der Waals surface area contributed by atoms with E-state index in [0.29, 0.717) is 0 Å². The van der Waals surface area contributed by atoms with E-state index >= 15 is 0 Å². The Morgan fingerprint density at radius 2 is 1.74 bits per heavy atom. The second-order valence-electron chi connectivity index (χ2n) is 4.15. The standard InChI is InChI=1S/C13H9NO5/c14-6-1-2-8-11(12(6)17)13(18)10-7(16)3-5(15)4-9(10)19-8/h1-4,15-17H,14H2. The highest BCUT2D eigenvalue weighted by Gasteiger charge is 2.16. The van der Waals surface area contributed by atoms with Crippen LogP contribution in [0.1, 0.15) is 0 Å². The molecule has 1 aromatic heterocycles. The van der Waals surface area contributed by atoms with Gasteiger partial charge in [0.05, 0.1) is 5.69 Å². The lowest BCUT2D eigenvalue weighted by molar-refractivity contribution is 0.453. The molecule has 5 N–H and O–H groups in total. The molecule has 0 radical (unpaired) electrons. The van der Waals surface area contributed by atoms with E-state index in [1.807, 2.05) is 0 Å². The van der Waals surface area contributed by atoms with Gasteiger partial charge in [-0.25, -0.2) is 0 Å². The summed E-state index contributed by atoms with van der Waals surface area (Å²) in [6.07, 6.45) is 0. The molecular weight excluding hydrogens is 250 g/mol. The van der Waals surface area contributed by atoms with Gasteiger partial charge in [0.2, 0.25) is 5.43 Å². The first-order valence-electron chi connectivity index (χ1n) is 5.39. The van der Waals surface area contributed by atoms with Gasteiger partial charge in [0, 0.05) is 12.1 Å². The number of hydrogen-bond acceptors (Lipinski definition) is 6. The summed E-state index contributed by atoms with van der Waals surface area (Å²) in [6, 6.07) is 5.07. The maximum absolute atomic E-state index is 12.3. The summed E-state index contributed by atoms with van der Waals surface area (Å²) in [5.41, 5.74) is 5.10. The molecule has 0 fully saturated rings. The zero-order chi connectivity index (χ0) is 13.7. The average Bonchev–Trinajstić information content (AvgIpc) is 2.32. The maximum Gasteiger partial charge on any atom is 0.208 e. The largest absolute Gasteiger partial charge is 0.508 e. The molecule has 0 amide bonds. The number of nitrogens with two attached hydrogens (primary N) is 1. The summed E-state index contributed by atoms with van der Waals surface area (Å²) in [5, 5.41) is 28.7. The van der Waals surface area contributed by atoms with Crippen LogP contribution in [0.15, 0.2) is 33.5 Å². The molecule has 3 rings (SSSR count). The minimum atomic E-state index is -0.612. The van der Waals surface area contributed by atoms with Gasteiger partial charge >= 0.3 is 0 Å². The number of fused-ring (bicyclic) bond motifs is 2. The molecule has 0 bridgehead atoms. The first-order valence-corrected chi connectivity index (χ1v) is 5.39. The first-order chi connectivity index (χ1) is 8.99. The van der Waals surface area contributed by atoms with Crippen LogP contribution in [0.2, 0.25) is 0 Å². The normalized spacial score (nSPS) is 11.2. The highest BCUT2D eigenvalue weighted by atomic mass is 16.3. The van der Waals surface area contributed by atoms with E-state index in [2.05, 4.69) is 0 Å². The molecule has 0 aliphatic carbocycles. The second-order valence-corrected chi connectivity index (χ2v) is 4.15. The minimum Gasteiger partial charge on any atom is -0.508 e. The highest BCUT2D eigenvalue weighted by molar-refractivity contribution is 5.98. The van der Waals surface area contributed by atoms with Gasteiger partial charge in [0.15, 0.2) is 5.75 Å². The topological polar surface area (TPSA) is 117 Å². The van der Waals surface area contributed by atoms with Gasteiger partial charge in [-0.15, -0.1) is 0 Å². The number of phenols is 3. The number of benzene rings is 2. The van der Waals surface area contributed by atoms with Crippen molar-refractivity contribution in [2.75, 3.05) is 5.73 Å². The number of hydrogen-bond donors (Lipinski definition) is 4. The fraction of sp³-hybridized carbons (Fsp3) is 0. The van der Waals surface area contributed by atoms with Crippen LogP contribution in [0, 0.1) is 0 Å². The Balaban J connectivity index is 2.65. The third-order valence-corrected chi connectivity index (χ3v) is 2.91. The average molecular weight is 259 g/mol. The van der Waals surface area contributed by atoms with Crippen LogP contribution in [0.5, 0.6) is 17.2 Å². The lowest BCUT2D eigenvalue weighted by Gasteiger charge is -2.06. The van der Waals surface area contributed by atoms with Crippen molar-refractivity contribution >= 4 is 27.6 Å². The van der Waals surface area contributed by atoms with E-state index in [-0.39, 0.29) is 39.1 Å². The summed E-state index contributed by atoms with van der Waals surface area (Å²) in [4.78, 5) is 12.3. The third-order valence-electron chi connectivity index (χ3n) is 2.91. The molecule has 0 saturated heterocycles. The molecule has 0 atom stereocenters. The van der Waals surface area contributed by atoms with E-state index in [9.17, 15) is 20.1 Å². The molecule has 0 aliphatic rings. The summed E-state index contributed by atoms with van der Waals surface area (Å²) >= 11 is 0. The molecule has 3 aromatic rings. The zero-order valence-electron chi connectivity index (χ0n) is 9.54. The van der Waals surface area contributed by atoms with E-state index in [1.165, 1.54) is 18.2 Å². The Morgan fingerprint density at radius 3 is 2.47 bits per heavy atom. The third kappa shape index (κ3) is 1.46. The molecule has 6 nitrogen and oxygen atoms in total. The van der Waals surface area contributed by atoms with Crippen molar-refractivity contribution in [2.45, 2.75) is 0 Å². The number of nitrogen functional groups attached to an aromatic ring is 1. The van der Waals surface area contributed by atoms with Gasteiger partial charge in [-0.2, -0.15) is 0 Å². The van der Waals surface area contributed by atoms with Crippen LogP contribution in [0.4, 0.5) is 5.69 Å². The molecular formula is C13H9NO5. The molecule has 6 heteroatoms. The molecule has 1 heterocycles. The fourth-order valence-corrected chi connectivity index (χ4v) is 2.03. The Hall–Kier alpha value is -2.89. The highest BCUT2D eigenvalue weighted by Crippen LogP contribution is 2.34. The van der Waals surface area contributed by atoms with Crippen LogP contribution >= 0.6 is 0 Å². The van der Waals surface area contributed by atoms with Crippen LogP contribution in [-0.2, 0) is 0 Å². The molecule has 19 heavy (non-hydrogen) atoms. The van der Waals surface area contributed by atoms with E-state index in [1.54, 1.807) is 0 Å². The maximum atomic E-state index is 12.3. The lowest BCUT2D eigenvalue weighted by atomic mass is 10.1. The second kappa shape index (κ2) is 3.55. The summed E-state index contributed by atoms with van der Waals surface area (Å²) in [7, 11) is 0. The van der Waals surface area contributed by atoms with Gasteiger partial charge < -0.3 is 25.5 Å². The smallest absolute Gasteiger partial charge is 0.208 e. The number of phenolic OH excluding ortho intramolecular Hbond substituents is 3. The predicted molar refractivity (Wildman–Crippen MR) is 69.4 cm³/mol. The molecule has 0 saturated carbocycles. The van der Waals surface area contributed by atoms with Crippen LogP contribution in [0.3, 0.4) is 0 Å². The molecule has 0 spiro atoms. The summed E-state index contributed by atoms with van der Waals surface area (Å²) in [6.45, 7) is 0. The van der Waals surface area contributed by atoms with Crippen molar-refractivity contribution in [3.8, 4) is 17.2 Å². The summed E-state index contributed by atoms with van der Waals surface area (Å²) in [5.74, 6) is -1.04. The van der Waals surface area contributed by atoms with Crippen molar-refractivity contribution in [3.63, 3.8) is 0 Å². The van der Waals surface area contributed by atoms with Crippen molar-refractivity contribution in [1.82, 2.24) is 0 Å². The number of rotatable bonds is 0. The van der Waals surface area contributed by atoms with Crippen molar-refractivity contribution in [1.29, 1.82) is 0 Å². The lowest BCUT2D eigenvalue weighted by Crippen LogP contribution is -2.03. The van der Waals surface area contributed by atoms with E-state index in [0.717, 1.165) is 6.07 Å². The van der Waals surface area contributed by atoms with Gasteiger partial charge in [-0.05, 0) is 12.1 Å². The van der Waals surface area contributed by atoms with Gasteiger partial charge in [0.1, 0.15) is 33.4 Å². The van der Waals surface area contributed by atoms with Gasteiger partial charge in [-0.3, -0.25) is 4.79 Å². The predicted octanol–water partition coefficient (Wildman–Crippen LogP) is 1.65. The van der Waals surface area contributed by atoms with Crippen LogP contribution in [-0.4, -0.2) is 15.3 Å². The Kier molecular flexibility index (Phi) is 2.10. The monoisotopic (exact) mass is 259 g/mol. The van der Waals surface area contributed by atoms with Gasteiger partial charge in [-0.1, -0.05) is 0 Å². The molecule has 2 aromatic carbocycles. The summed E-state index contributed by atoms with van der Waals surface area (Å²) < 4.78 is 5.39. The molecule has 0 aliphatic heterocycles. The number of anilines is 1. The van der Waals surface area contributed by atoms with Crippen LogP contribution in [0.25, 0.3) is 21.9 Å². The van der Waals surface area contributed by atoms with Crippen molar-refractivity contribution in [3.05, 3.63) is 34.5 Å². The Labute approximate surface area is 105 Å². The molecule has 0 unspecified atom stereocenters. The van der Waals surface area contributed by atoms with E-state index in [4.69, 9.17) is 10.2 Å². The first kappa shape index (κ1) is 11.2. The SMILES string of the molecule is Nc1ccc2oc3cc(O)cc(O)c3c(=O)c2c1O. The number of aromatic hydroxyl groups is 3. The van der Waals surface area contributed by atoms with E-state index < -0.39 is 11.2 Å². The fourth-order valence-electron chi connectivity index (χ4n) is 2.03. The zero-order valence-corrected chi connectivity index (χ0v) is 9.54. The van der Waals surface area contributed by atoms with Crippen molar-refractivity contribution < 1.29 is 19.7 Å². The quantitative estimate of drug-likeness (QED) is 0.277. The Bertz CT molecular complexity index is 882. The Morgan fingerprint density at radius 1 is 1.00 bits per heavy atom. The van der Waals surface area contributed by atoms with Gasteiger partial charge in [0.25, 0.3) is 0 Å². The molecule has 96 valence electrons. The minimum absolute atomic E-state index is 0.0270.